The predicted octanol–water partition coefficient (Wildman–Crippen LogP) is 4.46. The third-order valence-electron chi connectivity index (χ3n) is 3.91. The Morgan fingerprint density at radius 1 is 1.16 bits per heavy atom. The standard InChI is InChI=1S/C16H15NO2/c18-14-6-3-5-12(9-14)16-10-13(17-19)8-11-4-1-2-7-15(11)16/h1-2,4,7-8,10,12H,3,5-6,9H2. The number of carbonyl (C=O) groups excluding carboxylic acids is 1. The van der Waals surface area contributed by atoms with Crippen LogP contribution in [-0.2, 0) is 4.79 Å². The molecule has 1 aliphatic carbocycles. The molecule has 1 fully saturated rings. The minimum atomic E-state index is 0.229. The fraction of sp³-hybridized carbons (Fsp3) is 0.312. The van der Waals surface area contributed by atoms with E-state index in [1.165, 1.54) is 0 Å². The van der Waals surface area contributed by atoms with Crippen LogP contribution in [0.1, 0.15) is 37.2 Å². The zero-order valence-electron chi connectivity index (χ0n) is 10.6. The van der Waals surface area contributed by atoms with Crippen LogP contribution in [0.25, 0.3) is 10.8 Å². The summed E-state index contributed by atoms with van der Waals surface area (Å²) < 4.78 is 0. The summed E-state index contributed by atoms with van der Waals surface area (Å²) in [6.07, 6.45) is 3.24. The monoisotopic (exact) mass is 253 g/mol. The maximum Gasteiger partial charge on any atom is 0.133 e. The summed E-state index contributed by atoms with van der Waals surface area (Å²) in [6.45, 7) is 0. The number of hydrogen-bond donors (Lipinski definition) is 0. The first-order valence-corrected chi connectivity index (χ1v) is 6.65. The zero-order valence-corrected chi connectivity index (χ0v) is 10.6. The van der Waals surface area contributed by atoms with Crippen molar-refractivity contribution in [1.29, 1.82) is 0 Å². The molecular formula is C16H15NO2. The molecule has 0 N–H and O–H groups in total. The molecule has 2 aromatic carbocycles. The SMILES string of the molecule is O=Nc1cc(C2CCCC(=O)C2)c2ccccc2c1. The Morgan fingerprint density at radius 3 is 2.79 bits per heavy atom. The molecular weight excluding hydrogens is 238 g/mol. The van der Waals surface area contributed by atoms with Gasteiger partial charge in [0.1, 0.15) is 11.5 Å². The van der Waals surface area contributed by atoms with Gasteiger partial charge in [-0.25, -0.2) is 0 Å². The highest BCUT2D eigenvalue weighted by molar-refractivity contribution is 5.90. The summed E-state index contributed by atoms with van der Waals surface area (Å²) in [6, 6.07) is 11.6. The molecule has 3 rings (SSSR count). The minimum absolute atomic E-state index is 0.229. The van der Waals surface area contributed by atoms with Crippen LogP contribution >= 0.6 is 0 Å². The molecule has 3 heteroatoms. The summed E-state index contributed by atoms with van der Waals surface area (Å²) in [4.78, 5) is 22.5. The van der Waals surface area contributed by atoms with Gasteiger partial charge in [0.15, 0.2) is 0 Å². The van der Waals surface area contributed by atoms with Crippen LogP contribution in [0.15, 0.2) is 41.6 Å². The van der Waals surface area contributed by atoms with E-state index in [1.54, 1.807) is 6.07 Å². The number of fused-ring (bicyclic) bond motifs is 1. The van der Waals surface area contributed by atoms with Crippen LogP contribution in [0.2, 0.25) is 0 Å². The molecule has 3 nitrogen and oxygen atoms in total. The molecule has 0 heterocycles. The molecule has 19 heavy (non-hydrogen) atoms. The third-order valence-corrected chi connectivity index (χ3v) is 3.91. The van der Waals surface area contributed by atoms with E-state index in [1.807, 2.05) is 24.3 Å². The topological polar surface area (TPSA) is 46.5 Å². The molecule has 0 radical (unpaired) electrons. The molecule has 2 aromatic rings. The van der Waals surface area contributed by atoms with Gasteiger partial charge >= 0.3 is 0 Å². The van der Waals surface area contributed by atoms with Gasteiger partial charge < -0.3 is 0 Å². The average Bonchev–Trinajstić information content (AvgIpc) is 2.46. The van der Waals surface area contributed by atoms with Gasteiger partial charge in [-0.15, -0.1) is 4.91 Å². The normalized spacial score (nSPS) is 19.6. The van der Waals surface area contributed by atoms with Crippen molar-refractivity contribution in [2.75, 3.05) is 0 Å². The summed E-state index contributed by atoms with van der Waals surface area (Å²) >= 11 is 0. The average molecular weight is 253 g/mol. The van der Waals surface area contributed by atoms with Gasteiger partial charge in [-0.1, -0.05) is 24.3 Å². The summed E-state index contributed by atoms with van der Waals surface area (Å²) in [7, 11) is 0. The zero-order chi connectivity index (χ0) is 13.2. The molecule has 96 valence electrons. The molecule has 0 bridgehead atoms. The van der Waals surface area contributed by atoms with Gasteiger partial charge in [0, 0.05) is 12.8 Å². The fourth-order valence-corrected chi connectivity index (χ4v) is 3.00. The maximum atomic E-state index is 11.7. The van der Waals surface area contributed by atoms with E-state index in [2.05, 4.69) is 11.2 Å². The van der Waals surface area contributed by atoms with Crippen LogP contribution in [-0.4, -0.2) is 5.78 Å². The Bertz CT molecular complexity index is 648. The van der Waals surface area contributed by atoms with Gasteiger partial charge in [0.05, 0.1) is 0 Å². The van der Waals surface area contributed by atoms with Crippen molar-refractivity contribution in [1.82, 2.24) is 0 Å². The smallest absolute Gasteiger partial charge is 0.133 e. The summed E-state index contributed by atoms with van der Waals surface area (Å²) in [5, 5.41) is 5.22. The van der Waals surface area contributed by atoms with Crippen molar-refractivity contribution in [3.63, 3.8) is 0 Å². The van der Waals surface area contributed by atoms with Crippen LogP contribution in [0, 0.1) is 4.91 Å². The number of rotatable bonds is 2. The van der Waals surface area contributed by atoms with Crippen LogP contribution in [0.4, 0.5) is 5.69 Å². The van der Waals surface area contributed by atoms with E-state index in [0.717, 1.165) is 29.2 Å². The number of hydrogen-bond acceptors (Lipinski definition) is 3. The Kier molecular flexibility index (Phi) is 3.11. The first-order chi connectivity index (χ1) is 9.28. The maximum absolute atomic E-state index is 11.7. The highest BCUT2D eigenvalue weighted by atomic mass is 16.3. The van der Waals surface area contributed by atoms with Crippen molar-refractivity contribution in [3.8, 4) is 0 Å². The van der Waals surface area contributed by atoms with E-state index < -0.39 is 0 Å². The van der Waals surface area contributed by atoms with Gasteiger partial charge in [-0.3, -0.25) is 4.79 Å². The van der Waals surface area contributed by atoms with Crippen molar-refractivity contribution < 1.29 is 4.79 Å². The number of ketones is 1. The van der Waals surface area contributed by atoms with Crippen molar-refractivity contribution in [2.24, 2.45) is 5.18 Å². The Hall–Kier alpha value is -2.03. The predicted molar refractivity (Wildman–Crippen MR) is 75.6 cm³/mol. The molecule has 0 aliphatic heterocycles. The van der Waals surface area contributed by atoms with Crippen LogP contribution in [0.5, 0.6) is 0 Å². The van der Waals surface area contributed by atoms with E-state index in [9.17, 15) is 9.70 Å². The minimum Gasteiger partial charge on any atom is -0.300 e. The number of benzene rings is 2. The molecule has 0 aromatic heterocycles. The Labute approximate surface area is 111 Å². The third kappa shape index (κ3) is 2.28. The Balaban J connectivity index is 2.15. The number of Topliss-reactive ketones (excluding diaryl/α,β-unsaturated/α-hetero) is 1. The van der Waals surface area contributed by atoms with E-state index in [4.69, 9.17) is 0 Å². The second kappa shape index (κ2) is 4.92. The Morgan fingerprint density at radius 2 is 2.00 bits per heavy atom. The quantitative estimate of drug-likeness (QED) is 0.741. The van der Waals surface area contributed by atoms with Crippen molar-refractivity contribution >= 4 is 22.2 Å². The van der Waals surface area contributed by atoms with Gasteiger partial charge in [-0.2, -0.15) is 0 Å². The van der Waals surface area contributed by atoms with Crippen LogP contribution < -0.4 is 0 Å². The lowest BCUT2D eigenvalue weighted by molar-refractivity contribution is -0.120. The molecule has 1 aliphatic rings. The highest BCUT2D eigenvalue weighted by Crippen LogP contribution is 2.37. The van der Waals surface area contributed by atoms with Gasteiger partial charge in [-0.05, 0) is 52.4 Å². The lowest BCUT2D eigenvalue weighted by Gasteiger charge is -2.22. The molecule has 1 unspecified atom stereocenters. The van der Waals surface area contributed by atoms with Crippen molar-refractivity contribution in [3.05, 3.63) is 46.9 Å². The van der Waals surface area contributed by atoms with E-state index in [-0.39, 0.29) is 5.92 Å². The van der Waals surface area contributed by atoms with E-state index >= 15 is 0 Å². The lowest BCUT2D eigenvalue weighted by Crippen LogP contribution is -2.13. The molecule has 1 atom stereocenters. The second-order valence-electron chi connectivity index (χ2n) is 5.18. The highest BCUT2D eigenvalue weighted by Gasteiger charge is 2.23. The lowest BCUT2D eigenvalue weighted by atomic mass is 9.81. The number of nitroso groups, excluding NO2 is 1. The van der Waals surface area contributed by atoms with E-state index in [0.29, 0.717) is 24.3 Å². The summed E-state index contributed by atoms with van der Waals surface area (Å²) in [5.41, 5.74) is 1.55. The first-order valence-electron chi connectivity index (χ1n) is 6.65. The van der Waals surface area contributed by atoms with Crippen molar-refractivity contribution in [2.45, 2.75) is 31.6 Å². The van der Waals surface area contributed by atoms with Gasteiger partial charge in [0.2, 0.25) is 0 Å². The van der Waals surface area contributed by atoms with Gasteiger partial charge in [0.25, 0.3) is 0 Å². The molecule has 0 saturated heterocycles. The van der Waals surface area contributed by atoms with Crippen LogP contribution in [0.3, 0.4) is 0 Å². The largest absolute Gasteiger partial charge is 0.300 e. The number of carbonyl (C=O) groups is 1. The molecule has 0 amide bonds. The molecule has 1 saturated carbocycles. The summed E-state index contributed by atoms with van der Waals surface area (Å²) in [5.74, 6) is 0.553. The number of nitrogens with zero attached hydrogens (tertiary/aromatic N) is 1. The first kappa shape index (κ1) is 12.0. The fourth-order valence-electron chi connectivity index (χ4n) is 3.00. The molecule has 0 spiro atoms. The second-order valence-corrected chi connectivity index (χ2v) is 5.18.